The van der Waals surface area contributed by atoms with Crippen LogP contribution in [0.5, 0.6) is 17.2 Å². The van der Waals surface area contributed by atoms with Gasteiger partial charge >= 0.3 is 0 Å². The highest BCUT2D eigenvalue weighted by Gasteiger charge is 2.32. The number of likely N-dealkylation sites (tertiary alicyclic amines) is 1. The molecule has 2 aromatic rings. The van der Waals surface area contributed by atoms with E-state index in [0.29, 0.717) is 52.3 Å². The topological polar surface area (TPSA) is 72.3 Å². The number of carbonyl (C=O) groups excluding carboxylic acids is 1. The van der Waals surface area contributed by atoms with Crippen LogP contribution in [0.4, 0.5) is 0 Å². The van der Waals surface area contributed by atoms with Gasteiger partial charge in [0.25, 0.3) is 0 Å². The highest BCUT2D eigenvalue weighted by atomic mass is 35.5. The van der Waals surface area contributed by atoms with E-state index in [1.807, 2.05) is 0 Å². The summed E-state index contributed by atoms with van der Waals surface area (Å²) in [7, 11) is 0. The maximum atomic E-state index is 13.1. The van der Waals surface area contributed by atoms with Crippen molar-refractivity contribution in [1.82, 2.24) is 0 Å². The fourth-order valence-corrected chi connectivity index (χ4v) is 4.97. The number of allylic oxidation sites excluding steroid dienone is 1. The molecule has 0 bridgehead atoms. The van der Waals surface area contributed by atoms with Crippen molar-refractivity contribution < 1.29 is 29.0 Å². The van der Waals surface area contributed by atoms with E-state index in [-0.39, 0.29) is 24.1 Å². The van der Waals surface area contributed by atoms with Crippen LogP contribution in [0.15, 0.2) is 30.0 Å². The average Bonchev–Trinajstić information content (AvgIpc) is 3.06. The third-order valence-corrected chi connectivity index (χ3v) is 6.40. The van der Waals surface area contributed by atoms with E-state index in [9.17, 15) is 9.90 Å². The SMILES string of the molecule is CC1CCC[NH+](Cc2c([O-])ccc3c2O/C(=C\c2cc(Cl)cc4c2OCOC4)C3=O)C1. The molecule has 3 aliphatic rings. The molecule has 31 heavy (non-hydrogen) atoms. The highest BCUT2D eigenvalue weighted by Crippen LogP contribution is 2.40. The quantitative estimate of drug-likeness (QED) is 0.741. The van der Waals surface area contributed by atoms with Gasteiger partial charge in [-0.2, -0.15) is 0 Å². The standard InChI is InChI=1S/C24H24ClNO5/c1-14-3-2-6-26(10-14)11-19-20(27)5-4-18-22(28)21(31-24(18)19)9-15-7-17(25)8-16-12-29-13-30-23(15)16/h4-5,7-9,14,27H,2-3,6,10-13H2,1H3/b21-9-. The number of carbonyl (C=O) groups is 1. The summed E-state index contributed by atoms with van der Waals surface area (Å²) in [5.74, 6) is 1.51. The molecule has 0 amide bonds. The molecule has 7 heteroatoms. The number of Topliss-reactive ketones (excluding diaryl/α,β-unsaturated/α-hetero) is 1. The normalized spacial score (nSPS) is 23.8. The lowest BCUT2D eigenvalue weighted by Crippen LogP contribution is -3.12. The summed E-state index contributed by atoms with van der Waals surface area (Å²) in [6.07, 6.45) is 4.01. The van der Waals surface area contributed by atoms with Gasteiger partial charge in [0.05, 0.1) is 25.3 Å². The largest absolute Gasteiger partial charge is 0.872 e. The van der Waals surface area contributed by atoms with Crippen LogP contribution in [0.3, 0.4) is 0 Å². The molecule has 2 aromatic carbocycles. The van der Waals surface area contributed by atoms with Gasteiger partial charge < -0.3 is 24.2 Å². The van der Waals surface area contributed by atoms with Crippen molar-refractivity contribution in [2.24, 2.45) is 5.92 Å². The molecule has 0 radical (unpaired) electrons. The Labute approximate surface area is 186 Å². The Morgan fingerprint density at radius 3 is 3.00 bits per heavy atom. The number of piperidine rings is 1. The van der Waals surface area contributed by atoms with Crippen molar-refractivity contribution in [3.05, 3.63) is 57.3 Å². The fourth-order valence-electron chi connectivity index (χ4n) is 4.72. The lowest BCUT2D eigenvalue weighted by atomic mass is 9.99. The Hall–Kier alpha value is -2.54. The summed E-state index contributed by atoms with van der Waals surface area (Å²) >= 11 is 6.25. The number of hydrogen-bond acceptors (Lipinski definition) is 5. The summed E-state index contributed by atoms with van der Waals surface area (Å²) < 4.78 is 17.0. The van der Waals surface area contributed by atoms with Crippen LogP contribution >= 0.6 is 11.6 Å². The molecule has 6 nitrogen and oxygen atoms in total. The Bertz CT molecular complexity index is 1080. The zero-order chi connectivity index (χ0) is 21.5. The van der Waals surface area contributed by atoms with E-state index < -0.39 is 0 Å². The predicted octanol–water partition coefficient (Wildman–Crippen LogP) is 2.71. The van der Waals surface area contributed by atoms with Crippen molar-refractivity contribution in [3.63, 3.8) is 0 Å². The summed E-state index contributed by atoms with van der Waals surface area (Å²) in [6, 6.07) is 6.56. The number of benzene rings is 2. The number of fused-ring (bicyclic) bond motifs is 2. The fraction of sp³-hybridized carbons (Fsp3) is 0.375. The molecule has 3 heterocycles. The van der Waals surface area contributed by atoms with Crippen LogP contribution in [-0.4, -0.2) is 25.7 Å². The lowest BCUT2D eigenvalue weighted by molar-refractivity contribution is -0.922. The minimum Gasteiger partial charge on any atom is -0.872 e. The third-order valence-electron chi connectivity index (χ3n) is 6.18. The van der Waals surface area contributed by atoms with E-state index in [1.54, 1.807) is 24.3 Å². The molecule has 2 unspecified atom stereocenters. The molecule has 0 spiro atoms. The molecule has 162 valence electrons. The molecule has 0 aliphatic carbocycles. The number of hydrogen-bond donors (Lipinski definition) is 1. The molecule has 1 saturated heterocycles. The van der Waals surface area contributed by atoms with E-state index in [0.717, 1.165) is 25.1 Å². The van der Waals surface area contributed by atoms with Crippen molar-refractivity contribution in [2.75, 3.05) is 19.9 Å². The Balaban J connectivity index is 1.49. The molecule has 5 rings (SSSR count). The number of halogens is 1. The zero-order valence-corrected chi connectivity index (χ0v) is 18.1. The Kier molecular flexibility index (Phi) is 5.38. The number of ether oxygens (including phenoxy) is 3. The molecular formula is C24H24ClNO5. The minimum absolute atomic E-state index is 0.0841. The van der Waals surface area contributed by atoms with Crippen LogP contribution in [0.1, 0.15) is 46.8 Å². The number of rotatable bonds is 3. The molecule has 2 atom stereocenters. The first-order chi connectivity index (χ1) is 15.0. The van der Waals surface area contributed by atoms with Crippen LogP contribution in [0.2, 0.25) is 5.02 Å². The van der Waals surface area contributed by atoms with Crippen molar-refractivity contribution >= 4 is 23.5 Å². The first kappa shape index (κ1) is 20.4. The van der Waals surface area contributed by atoms with Crippen LogP contribution in [0.25, 0.3) is 6.08 Å². The lowest BCUT2D eigenvalue weighted by Gasteiger charge is -2.29. The maximum absolute atomic E-state index is 13.1. The highest BCUT2D eigenvalue weighted by molar-refractivity contribution is 6.31. The van der Waals surface area contributed by atoms with Gasteiger partial charge in [0.2, 0.25) is 5.78 Å². The number of quaternary nitrogens is 1. The van der Waals surface area contributed by atoms with Gasteiger partial charge in [-0.25, -0.2) is 0 Å². The first-order valence-electron chi connectivity index (χ1n) is 10.6. The van der Waals surface area contributed by atoms with Gasteiger partial charge in [-0.15, -0.1) is 0 Å². The van der Waals surface area contributed by atoms with Gasteiger partial charge in [0.15, 0.2) is 12.6 Å². The van der Waals surface area contributed by atoms with E-state index >= 15 is 0 Å². The van der Waals surface area contributed by atoms with Gasteiger partial charge in [-0.3, -0.25) is 4.79 Å². The second-order valence-corrected chi connectivity index (χ2v) is 9.02. The third kappa shape index (κ3) is 3.91. The predicted molar refractivity (Wildman–Crippen MR) is 113 cm³/mol. The summed E-state index contributed by atoms with van der Waals surface area (Å²) in [4.78, 5) is 14.4. The van der Waals surface area contributed by atoms with Crippen LogP contribution in [0, 0.1) is 5.92 Å². The molecular weight excluding hydrogens is 418 g/mol. The summed E-state index contributed by atoms with van der Waals surface area (Å²) in [5, 5.41) is 13.2. The average molecular weight is 442 g/mol. The van der Waals surface area contributed by atoms with Gasteiger partial charge in [0.1, 0.15) is 18.0 Å². The van der Waals surface area contributed by atoms with Crippen molar-refractivity contribution in [1.29, 1.82) is 0 Å². The molecule has 0 aromatic heterocycles. The summed E-state index contributed by atoms with van der Waals surface area (Å²) in [6.45, 7) is 5.39. The number of ketones is 1. The van der Waals surface area contributed by atoms with Crippen molar-refractivity contribution in [2.45, 2.75) is 32.9 Å². The first-order valence-corrected chi connectivity index (χ1v) is 11.0. The Morgan fingerprint density at radius 1 is 1.29 bits per heavy atom. The second kappa shape index (κ2) is 8.19. The number of nitrogens with one attached hydrogen (secondary N) is 1. The monoisotopic (exact) mass is 441 g/mol. The molecule has 3 aliphatic heterocycles. The van der Waals surface area contributed by atoms with Gasteiger partial charge in [-0.05, 0) is 37.1 Å². The Morgan fingerprint density at radius 2 is 2.16 bits per heavy atom. The van der Waals surface area contributed by atoms with E-state index in [2.05, 4.69) is 6.92 Å². The van der Waals surface area contributed by atoms with E-state index in [4.69, 9.17) is 25.8 Å². The van der Waals surface area contributed by atoms with Gasteiger partial charge in [0, 0.05) is 27.6 Å². The molecule has 0 saturated carbocycles. The van der Waals surface area contributed by atoms with Crippen molar-refractivity contribution in [3.8, 4) is 17.2 Å². The second-order valence-electron chi connectivity index (χ2n) is 8.58. The van der Waals surface area contributed by atoms with Crippen LogP contribution in [-0.2, 0) is 17.9 Å². The van der Waals surface area contributed by atoms with E-state index in [1.165, 1.54) is 17.4 Å². The molecule has 1 N–H and O–H groups in total. The summed E-state index contributed by atoms with van der Waals surface area (Å²) in [5.41, 5.74) is 2.49. The van der Waals surface area contributed by atoms with Gasteiger partial charge in [-0.1, -0.05) is 30.3 Å². The maximum Gasteiger partial charge on any atom is 0.231 e. The smallest absolute Gasteiger partial charge is 0.231 e. The zero-order valence-electron chi connectivity index (χ0n) is 17.3. The minimum atomic E-state index is -0.237. The van der Waals surface area contributed by atoms with Crippen LogP contribution < -0.4 is 19.5 Å². The molecule has 1 fully saturated rings.